The van der Waals surface area contributed by atoms with Crippen molar-refractivity contribution in [1.82, 2.24) is 10.5 Å². The Morgan fingerprint density at radius 2 is 2.00 bits per heavy atom. The van der Waals surface area contributed by atoms with E-state index in [9.17, 15) is 5.11 Å². The molecule has 0 bridgehead atoms. The molecule has 1 saturated carbocycles. The van der Waals surface area contributed by atoms with Crippen LogP contribution in [0.1, 0.15) is 37.8 Å². The van der Waals surface area contributed by atoms with E-state index < -0.39 is 0 Å². The number of hydrogen-bond acceptors (Lipinski definition) is 5. The van der Waals surface area contributed by atoms with Gasteiger partial charge in [0, 0.05) is 24.1 Å². The molecular formula is C19H24N2O3. The second-order valence-corrected chi connectivity index (χ2v) is 7.16. The Balaban J connectivity index is 1.46. The predicted molar refractivity (Wildman–Crippen MR) is 90.9 cm³/mol. The van der Waals surface area contributed by atoms with Crippen molar-refractivity contribution < 1.29 is 14.4 Å². The zero-order valence-electron chi connectivity index (χ0n) is 13.8. The first-order valence-electron chi connectivity index (χ1n) is 8.83. The molecular weight excluding hydrogens is 304 g/mol. The van der Waals surface area contributed by atoms with E-state index in [-0.39, 0.29) is 11.3 Å². The second kappa shape index (κ2) is 6.57. The molecule has 2 heterocycles. The molecule has 1 saturated heterocycles. The van der Waals surface area contributed by atoms with Crippen molar-refractivity contribution in [3.8, 4) is 17.1 Å². The van der Waals surface area contributed by atoms with Crippen LogP contribution in [0, 0.1) is 0 Å². The molecule has 0 amide bonds. The van der Waals surface area contributed by atoms with Gasteiger partial charge in [-0.05, 0) is 25.0 Å². The number of benzene rings is 1. The van der Waals surface area contributed by atoms with Crippen LogP contribution >= 0.6 is 0 Å². The molecule has 2 aliphatic rings. The van der Waals surface area contributed by atoms with Crippen molar-refractivity contribution in [1.29, 1.82) is 0 Å². The smallest absolute Gasteiger partial charge is 0.167 e. The molecule has 0 radical (unpaired) electrons. The number of phenolic OH excluding ortho intramolecular Hbond substituents is 1. The summed E-state index contributed by atoms with van der Waals surface area (Å²) in [5.74, 6) is 0.919. The molecule has 0 spiro atoms. The Bertz CT molecular complexity index is 687. The van der Waals surface area contributed by atoms with Gasteiger partial charge in [-0.1, -0.05) is 36.6 Å². The largest absolute Gasteiger partial charge is 0.508 e. The second-order valence-electron chi connectivity index (χ2n) is 7.16. The van der Waals surface area contributed by atoms with Crippen LogP contribution in [0.4, 0.5) is 0 Å². The van der Waals surface area contributed by atoms with Gasteiger partial charge < -0.3 is 19.7 Å². The molecule has 5 nitrogen and oxygen atoms in total. The van der Waals surface area contributed by atoms with Gasteiger partial charge in [-0.2, -0.15) is 0 Å². The topological polar surface area (TPSA) is 67.5 Å². The van der Waals surface area contributed by atoms with Crippen LogP contribution in [0.2, 0.25) is 0 Å². The molecule has 2 fully saturated rings. The van der Waals surface area contributed by atoms with Gasteiger partial charge in [-0.3, -0.25) is 0 Å². The fourth-order valence-corrected chi connectivity index (χ4v) is 3.80. The third-order valence-corrected chi connectivity index (χ3v) is 5.08. The van der Waals surface area contributed by atoms with Crippen LogP contribution < -0.4 is 5.32 Å². The summed E-state index contributed by atoms with van der Waals surface area (Å²) < 4.78 is 11.0. The third kappa shape index (κ3) is 3.32. The van der Waals surface area contributed by atoms with Crippen LogP contribution in [0.5, 0.6) is 5.75 Å². The first kappa shape index (κ1) is 15.7. The lowest BCUT2D eigenvalue weighted by Gasteiger charge is -2.45. The summed E-state index contributed by atoms with van der Waals surface area (Å²) in [5, 5.41) is 17.7. The molecule has 5 heteroatoms. The van der Waals surface area contributed by atoms with Crippen molar-refractivity contribution in [2.75, 3.05) is 13.2 Å². The van der Waals surface area contributed by atoms with Crippen LogP contribution in [0.15, 0.2) is 34.9 Å². The summed E-state index contributed by atoms with van der Waals surface area (Å²) >= 11 is 0. The summed E-state index contributed by atoms with van der Waals surface area (Å²) in [5.41, 5.74) is 1.77. The molecule has 1 aliphatic carbocycles. The molecule has 1 aromatic heterocycles. The van der Waals surface area contributed by atoms with Crippen molar-refractivity contribution in [2.45, 2.75) is 50.1 Å². The molecule has 128 valence electrons. The number of hydrogen-bond donors (Lipinski definition) is 2. The van der Waals surface area contributed by atoms with Gasteiger partial charge in [0.25, 0.3) is 0 Å². The Morgan fingerprint density at radius 1 is 1.17 bits per heavy atom. The molecule has 1 aromatic carbocycles. The summed E-state index contributed by atoms with van der Waals surface area (Å²) in [6, 6.07) is 9.62. The van der Waals surface area contributed by atoms with E-state index in [1.807, 2.05) is 12.1 Å². The molecule has 1 aliphatic heterocycles. The molecule has 2 N–H and O–H groups in total. The Hall–Kier alpha value is -1.85. The number of ether oxygens (including phenoxy) is 1. The molecule has 2 aromatic rings. The third-order valence-electron chi connectivity index (χ3n) is 5.08. The number of aromatic hydroxyl groups is 1. The van der Waals surface area contributed by atoms with Crippen LogP contribution in [0.25, 0.3) is 11.3 Å². The van der Waals surface area contributed by atoms with Crippen molar-refractivity contribution in [3.63, 3.8) is 0 Å². The van der Waals surface area contributed by atoms with E-state index in [1.165, 1.54) is 32.1 Å². The minimum absolute atomic E-state index is 0.00498. The highest BCUT2D eigenvalue weighted by molar-refractivity contribution is 5.59. The summed E-state index contributed by atoms with van der Waals surface area (Å²) in [7, 11) is 0. The first-order valence-corrected chi connectivity index (χ1v) is 8.83. The van der Waals surface area contributed by atoms with E-state index in [2.05, 4.69) is 10.5 Å². The lowest BCUT2D eigenvalue weighted by Crippen LogP contribution is -2.64. The fourth-order valence-electron chi connectivity index (χ4n) is 3.80. The Kier molecular flexibility index (Phi) is 4.29. The fraction of sp³-hybridized carbons (Fsp3) is 0.526. The predicted octanol–water partition coefficient (Wildman–Crippen LogP) is 3.28. The van der Waals surface area contributed by atoms with Crippen molar-refractivity contribution >= 4 is 0 Å². The Labute approximate surface area is 142 Å². The van der Waals surface area contributed by atoms with Gasteiger partial charge in [0.1, 0.15) is 5.75 Å². The standard InChI is InChI=1S/C19H24N2O3/c22-17-8-4-5-14(9-17)18-10-16(21-24-18)11-19(12-23-13-19)20-15-6-2-1-3-7-15/h4-5,8-10,15,20,22H,1-3,6-7,11-13H2. The highest BCUT2D eigenvalue weighted by Crippen LogP contribution is 2.29. The molecule has 4 rings (SSSR count). The minimum Gasteiger partial charge on any atom is -0.508 e. The minimum atomic E-state index is -0.00498. The normalized spacial score (nSPS) is 20.7. The average molecular weight is 328 g/mol. The van der Waals surface area contributed by atoms with Gasteiger partial charge in [0.2, 0.25) is 0 Å². The van der Waals surface area contributed by atoms with E-state index in [4.69, 9.17) is 9.26 Å². The van der Waals surface area contributed by atoms with E-state index in [0.29, 0.717) is 11.8 Å². The maximum Gasteiger partial charge on any atom is 0.167 e. The van der Waals surface area contributed by atoms with Crippen molar-refractivity contribution in [2.24, 2.45) is 0 Å². The average Bonchev–Trinajstić information content (AvgIpc) is 3.02. The summed E-state index contributed by atoms with van der Waals surface area (Å²) in [6.07, 6.45) is 7.33. The van der Waals surface area contributed by atoms with Crippen LogP contribution in [0.3, 0.4) is 0 Å². The van der Waals surface area contributed by atoms with Gasteiger partial charge >= 0.3 is 0 Å². The maximum atomic E-state index is 9.61. The quantitative estimate of drug-likeness (QED) is 0.881. The van der Waals surface area contributed by atoms with Gasteiger partial charge in [0.05, 0.1) is 24.4 Å². The van der Waals surface area contributed by atoms with Gasteiger partial charge in [-0.25, -0.2) is 0 Å². The van der Waals surface area contributed by atoms with Gasteiger partial charge in [0.15, 0.2) is 5.76 Å². The highest BCUT2D eigenvalue weighted by atomic mass is 16.5. The van der Waals surface area contributed by atoms with E-state index in [0.717, 1.165) is 30.9 Å². The van der Waals surface area contributed by atoms with Crippen LogP contribution in [-0.4, -0.2) is 35.1 Å². The summed E-state index contributed by atoms with van der Waals surface area (Å²) in [4.78, 5) is 0. The molecule has 24 heavy (non-hydrogen) atoms. The van der Waals surface area contributed by atoms with Crippen LogP contribution in [-0.2, 0) is 11.2 Å². The lowest BCUT2D eigenvalue weighted by molar-refractivity contribution is -0.0815. The number of rotatable bonds is 5. The summed E-state index contributed by atoms with van der Waals surface area (Å²) in [6.45, 7) is 1.47. The first-order chi connectivity index (χ1) is 11.7. The number of nitrogens with zero attached hydrogens (tertiary/aromatic N) is 1. The lowest BCUT2D eigenvalue weighted by atomic mass is 9.87. The zero-order valence-corrected chi connectivity index (χ0v) is 13.8. The maximum absolute atomic E-state index is 9.61. The number of nitrogens with one attached hydrogen (secondary N) is 1. The van der Waals surface area contributed by atoms with Crippen molar-refractivity contribution in [3.05, 3.63) is 36.0 Å². The number of phenols is 1. The Morgan fingerprint density at radius 3 is 2.71 bits per heavy atom. The molecule has 0 atom stereocenters. The molecule has 0 unspecified atom stereocenters. The van der Waals surface area contributed by atoms with Gasteiger partial charge in [-0.15, -0.1) is 0 Å². The van der Waals surface area contributed by atoms with E-state index >= 15 is 0 Å². The number of aromatic nitrogens is 1. The zero-order chi connectivity index (χ0) is 16.4. The van der Waals surface area contributed by atoms with E-state index in [1.54, 1.807) is 18.2 Å². The SMILES string of the molecule is Oc1cccc(-c2cc(CC3(NC4CCCCC4)COC3)no2)c1. The monoisotopic (exact) mass is 328 g/mol. The highest BCUT2D eigenvalue weighted by Gasteiger charge is 2.41.